The first-order valence-corrected chi connectivity index (χ1v) is 7.89. The van der Waals surface area contributed by atoms with Crippen LogP contribution in [0.1, 0.15) is 18.1 Å². The van der Waals surface area contributed by atoms with Crippen molar-refractivity contribution in [1.29, 1.82) is 0 Å². The van der Waals surface area contributed by atoms with Crippen LogP contribution >= 0.6 is 0 Å². The molecule has 20 heavy (non-hydrogen) atoms. The second kappa shape index (κ2) is 5.54. The molecule has 0 aliphatic rings. The maximum atomic E-state index is 12.4. The molecule has 5 heteroatoms. The Morgan fingerprint density at radius 2 is 1.75 bits per heavy atom. The number of nitrogens with two attached hydrogens (primary N) is 1. The van der Waals surface area contributed by atoms with Crippen LogP contribution in [0.3, 0.4) is 0 Å². The fourth-order valence-electron chi connectivity index (χ4n) is 2.01. The van der Waals surface area contributed by atoms with Crippen LogP contribution in [0.4, 0.5) is 11.4 Å². The first-order chi connectivity index (χ1) is 9.44. The molecule has 0 spiro atoms. The average Bonchev–Trinajstić information content (AvgIpc) is 2.41. The predicted molar refractivity (Wildman–Crippen MR) is 82.2 cm³/mol. The van der Waals surface area contributed by atoms with E-state index >= 15 is 0 Å². The Kier molecular flexibility index (Phi) is 3.99. The van der Waals surface area contributed by atoms with Gasteiger partial charge in [0.2, 0.25) is 0 Å². The molecule has 0 radical (unpaired) electrons. The van der Waals surface area contributed by atoms with E-state index in [0.717, 1.165) is 17.5 Å². The van der Waals surface area contributed by atoms with Crippen LogP contribution in [0.25, 0.3) is 0 Å². The zero-order valence-corrected chi connectivity index (χ0v) is 12.4. The number of rotatable bonds is 4. The van der Waals surface area contributed by atoms with Gasteiger partial charge in [-0.05, 0) is 48.7 Å². The maximum Gasteiger partial charge on any atom is 0.261 e. The van der Waals surface area contributed by atoms with Crippen LogP contribution in [0.15, 0.2) is 47.4 Å². The molecule has 0 unspecified atom stereocenters. The van der Waals surface area contributed by atoms with Gasteiger partial charge >= 0.3 is 0 Å². The smallest absolute Gasteiger partial charge is 0.261 e. The largest absolute Gasteiger partial charge is 0.399 e. The number of aryl methyl sites for hydroxylation is 2. The number of hydrogen-bond donors (Lipinski definition) is 2. The lowest BCUT2D eigenvalue weighted by molar-refractivity contribution is 0.601. The van der Waals surface area contributed by atoms with E-state index in [0.29, 0.717) is 11.4 Å². The Hall–Kier alpha value is -2.01. The van der Waals surface area contributed by atoms with E-state index in [1.807, 2.05) is 32.0 Å². The summed E-state index contributed by atoms with van der Waals surface area (Å²) >= 11 is 0. The van der Waals surface area contributed by atoms with E-state index in [-0.39, 0.29) is 4.90 Å². The third-order valence-electron chi connectivity index (χ3n) is 3.17. The number of nitrogens with one attached hydrogen (secondary N) is 1. The Balaban J connectivity index is 2.41. The molecule has 0 atom stereocenters. The molecular formula is C15H18N2O2S. The molecule has 0 heterocycles. The Labute approximate surface area is 119 Å². The highest BCUT2D eigenvalue weighted by Gasteiger charge is 2.16. The van der Waals surface area contributed by atoms with Crippen molar-refractivity contribution in [2.24, 2.45) is 0 Å². The quantitative estimate of drug-likeness (QED) is 0.850. The summed E-state index contributed by atoms with van der Waals surface area (Å²) in [7, 11) is -3.59. The van der Waals surface area contributed by atoms with Gasteiger partial charge in [0.25, 0.3) is 10.0 Å². The van der Waals surface area contributed by atoms with Gasteiger partial charge in [-0.3, -0.25) is 4.72 Å². The highest BCUT2D eigenvalue weighted by molar-refractivity contribution is 7.92. The lowest BCUT2D eigenvalue weighted by atomic mass is 10.1. The summed E-state index contributed by atoms with van der Waals surface area (Å²) in [4.78, 5) is 0.206. The molecule has 0 aromatic heterocycles. The van der Waals surface area contributed by atoms with Gasteiger partial charge in [-0.15, -0.1) is 0 Å². The molecule has 2 aromatic rings. The second-order valence-electron chi connectivity index (χ2n) is 4.64. The van der Waals surface area contributed by atoms with E-state index in [1.165, 1.54) is 12.1 Å². The van der Waals surface area contributed by atoms with Crippen molar-refractivity contribution in [1.82, 2.24) is 0 Å². The Morgan fingerprint density at radius 1 is 1.10 bits per heavy atom. The summed E-state index contributed by atoms with van der Waals surface area (Å²) < 4.78 is 27.4. The van der Waals surface area contributed by atoms with Crippen LogP contribution in [0.5, 0.6) is 0 Å². The molecule has 0 amide bonds. The van der Waals surface area contributed by atoms with Crippen molar-refractivity contribution in [2.45, 2.75) is 25.2 Å². The van der Waals surface area contributed by atoms with E-state index in [1.54, 1.807) is 12.1 Å². The van der Waals surface area contributed by atoms with Crippen molar-refractivity contribution < 1.29 is 8.42 Å². The normalized spacial score (nSPS) is 11.3. The first kappa shape index (κ1) is 14.4. The fraction of sp³-hybridized carbons (Fsp3) is 0.200. The fourth-order valence-corrected chi connectivity index (χ4v) is 3.18. The monoisotopic (exact) mass is 290 g/mol. The van der Waals surface area contributed by atoms with Gasteiger partial charge in [-0.2, -0.15) is 0 Å². The predicted octanol–water partition coefficient (Wildman–Crippen LogP) is 2.94. The van der Waals surface area contributed by atoms with Crippen LogP contribution in [0, 0.1) is 6.92 Å². The molecule has 0 bridgehead atoms. The summed E-state index contributed by atoms with van der Waals surface area (Å²) in [5.41, 5.74) is 8.65. The van der Waals surface area contributed by atoms with E-state index in [2.05, 4.69) is 4.72 Å². The second-order valence-corrected chi connectivity index (χ2v) is 6.32. The first-order valence-electron chi connectivity index (χ1n) is 6.41. The zero-order chi connectivity index (χ0) is 14.8. The third kappa shape index (κ3) is 2.93. The summed E-state index contributed by atoms with van der Waals surface area (Å²) in [6.07, 6.45) is 0.765. The zero-order valence-electron chi connectivity index (χ0n) is 11.6. The topological polar surface area (TPSA) is 72.2 Å². The van der Waals surface area contributed by atoms with Crippen molar-refractivity contribution in [3.8, 4) is 0 Å². The molecule has 2 rings (SSSR count). The molecule has 106 valence electrons. The molecule has 2 aromatic carbocycles. The van der Waals surface area contributed by atoms with Gasteiger partial charge in [0, 0.05) is 5.69 Å². The van der Waals surface area contributed by atoms with E-state index in [9.17, 15) is 8.42 Å². The minimum Gasteiger partial charge on any atom is -0.399 e. The summed E-state index contributed by atoms with van der Waals surface area (Å²) in [5.74, 6) is 0. The van der Waals surface area contributed by atoms with Crippen molar-refractivity contribution in [3.63, 3.8) is 0 Å². The number of benzene rings is 2. The summed E-state index contributed by atoms with van der Waals surface area (Å²) in [5, 5.41) is 0. The van der Waals surface area contributed by atoms with Crippen molar-refractivity contribution >= 4 is 21.4 Å². The van der Waals surface area contributed by atoms with Gasteiger partial charge in [0.05, 0.1) is 10.6 Å². The molecule has 4 nitrogen and oxygen atoms in total. The number of anilines is 2. The van der Waals surface area contributed by atoms with Gasteiger partial charge in [-0.25, -0.2) is 8.42 Å². The third-order valence-corrected chi connectivity index (χ3v) is 4.53. The number of nitrogen functional groups attached to an aromatic ring is 1. The minimum absolute atomic E-state index is 0.206. The molecule has 0 saturated heterocycles. The van der Waals surface area contributed by atoms with E-state index < -0.39 is 10.0 Å². The standard InChI is InChI=1S/C15H18N2O2S/c1-3-12-6-4-5-11(2)15(12)17-20(18,19)14-9-7-13(16)8-10-14/h4-10,17H,3,16H2,1-2H3. The lowest BCUT2D eigenvalue weighted by Crippen LogP contribution is -2.15. The summed E-state index contributed by atoms with van der Waals surface area (Å²) in [6.45, 7) is 3.88. The molecule has 0 saturated carbocycles. The van der Waals surface area contributed by atoms with Crippen LogP contribution in [-0.4, -0.2) is 8.42 Å². The van der Waals surface area contributed by atoms with E-state index in [4.69, 9.17) is 5.73 Å². The number of para-hydroxylation sites is 1. The van der Waals surface area contributed by atoms with Crippen molar-refractivity contribution in [2.75, 3.05) is 10.5 Å². The summed E-state index contributed by atoms with van der Waals surface area (Å²) in [6, 6.07) is 11.9. The molecular weight excluding hydrogens is 272 g/mol. The Morgan fingerprint density at radius 3 is 2.35 bits per heavy atom. The van der Waals surface area contributed by atoms with Crippen LogP contribution < -0.4 is 10.5 Å². The minimum atomic E-state index is -3.59. The molecule has 0 fully saturated rings. The van der Waals surface area contributed by atoms with Gasteiger partial charge in [0.1, 0.15) is 0 Å². The van der Waals surface area contributed by atoms with Crippen molar-refractivity contribution in [3.05, 3.63) is 53.6 Å². The van der Waals surface area contributed by atoms with Gasteiger partial charge in [0.15, 0.2) is 0 Å². The van der Waals surface area contributed by atoms with Gasteiger partial charge < -0.3 is 5.73 Å². The maximum absolute atomic E-state index is 12.4. The van der Waals surface area contributed by atoms with Crippen LogP contribution in [-0.2, 0) is 16.4 Å². The molecule has 0 aliphatic heterocycles. The number of hydrogen-bond acceptors (Lipinski definition) is 3. The van der Waals surface area contributed by atoms with Crippen LogP contribution in [0.2, 0.25) is 0 Å². The SMILES string of the molecule is CCc1cccc(C)c1NS(=O)(=O)c1ccc(N)cc1. The average molecular weight is 290 g/mol. The van der Waals surface area contributed by atoms with Gasteiger partial charge in [-0.1, -0.05) is 25.1 Å². The molecule has 3 N–H and O–H groups in total. The highest BCUT2D eigenvalue weighted by Crippen LogP contribution is 2.24. The highest BCUT2D eigenvalue weighted by atomic mass is 32.2. The molecule has 0 aliphatic carbocycles. The number of sulfonamides is 1. The Bertz CT molecular complexity index is 707. The lowest BCUT2D eigenvalue weighted by Gasteiger charge is -2.14.